The van der Waals surface area contributed by atoms with Gasteiger partial charge in [-0.05, 0) is 36.8 Å². The van der Waals surface area contributed by atoms with E-state index in [1.54, 1.807) is 6.20 Å². The Bertz CT molecular complexity index is 615. The van der Waals surface area contributed by atoms with Crippen molar-refractivity contribution in [3.63, 3.8) is 0 Å². The monoisotopic (exact) mass is 268 g/mol. The van der Waals surface area contributed by atoms with Crippen LogP contribution in [0, 0.1) is 5.92 Å². The van der Waals surface area contributed by atoms with Gasteiger partial charge in [-0.2, -0.15) is 0 Å². The molecule has 0 N–H and O–H groups in total. The highest BCUT2D eigenvalue weighted by Crippen LogP contribution is 2.27. The van der Waals surface area contributed by atoms with Crippen molar-refractivity contribution < 1.29 is 4.79 Å². The number of imidazole rings is 1. The molecule has 0 amide bonds. The standard InChI is InChI=1S/C17H20N2O/c1-2-10-19-11-9-18-17(19)16(20)15-8-7-13-5-3-4-6-14(13)12-15/h3-6,9,11,15H,2,7-8,10,12H2,1H3. The first-order chi connectivity index (χ1) is 9.79. The van der Waals surface area contributed by atoms with Crippen LogP contribution in [-0.4, -0.2) is 15.3 Å². The molecule has 1 aromatic heterocycles. The van der Waals surface area contributed by atoms with Gasteiger partial charge in [-0.15, -0.1) is 0 Å². The van der Waals surface area contributed by atoms with Gasteiger partial charge >= 0.3 is 0 Å². The minimum absolute atomic E-state index is 0.0860. The molecule has 1 atom stereocenters. The van der Waals surface area contributed by atoms with Gasteiger partial charge in [-0.25, -0.2) is 4.98 Å². The van der Waals surface area contributed by atoms with Gasteiger partial charge in [0.25, 0.3) is 0 Å². The van der Waals surface area contributed by atoms with E-state index in [0.717, 1.165) is 32.2 Å². The second kappa shape index (κ2) is 5.61. The summed E-state index contributed by atoms with van der Waals surface area (Å²) in [4.78, 5) is 17.0. The molecule has 3 heteroatoms. The fraction of sp³-hybridized carbons (Fsp3) is 0.412. The van der Waals surface area contributed by atoms with Crippen molar-refractivity contribution in [2.45, 2.75) is 39.2 Å². The maximum absolute atomic E-state index is 12.7. The first kappa shape index (κ1) is 13.1. The third-order valence-electron chi connectivity index (χ3n) is 4.12. The lowest BCUT2D eigenvalue weighted by Gasteiger charge is -2.23. The van der Waals surface area contributed by atoms with Gasteiger partial charge in [0.05, 0.1) is 0 Å². The zero-order chi connectivity index (χ0) is 13.9. The summed E-state index contributed by atoms with van der Waals surface area (Å²) < 4.78 is 1.99. The number of hydrogen-bond acceptors (Lipinski definition) is 2. The van der Waals surface area contributed by atoms with Crippen molar-refractivity contribution >= 4 is 5.78 Å². The van der Waals surface area contributed by atoms with Crippen LogP contribution in [0.15, 0.2) is 36.7 Å². The van der Waals surface area contributed by atoms with Gasteiger partial charge in [0, 0.05) is 24.9 Å². The summed E-state index contributed by atoms with van der Waals surface area (Å²) in [6.45, 7) is 2.98. The number of aromatic nitrogens is 2. The SMILES string of the molecule is CCCn1ccnc1C(=O)C1CCc2ccccc2C1. The molecule has 0 bridgehead atoms. The topological polar surface area (TPSA) is 34.9 Å². The molecular weight excluding hydrogens is 248 g/mol. The molecule has 20 heavy (non-hydrogen) atoms. The Balaban J connectivity index is 1.80. The van der Waals surface area contributed by atoms with Crippen LogP contribution in [0.1, 0.15) is 41.5 Å². The van der Waals surface area contributed by atoms with Crippen molar-refractivity contribution in [1.82, 2.24) is 9.55 Å². The van der Waals surface area contributed by atoms with E-state index in [9.17, 15) is 4.79 Å². The van der Waals surface area contributed by atoms with Crippen molar-refractivity contribution in [2.24, 2.45) is 5.92 Å². The average molecular weight is 268 g/mol. The Morgan fingerprint density at radius 3 is 2.95 bits per heavy atom. The Labute approximate surface area is 119 Å². The largest absolute Gasteiger partial charge is 0.329 e. The van der Waals surface area contributed by atoms with Crippen LogP contribution in [0.2, 0.25) is 0 Å². The Morgan fingerprint density at radius 2 is 2.15 bits per heavy atom. The number of rotatable bonds is 4. The van der Waals surface area contributed by atoms with E-state index >= 15 is 0 Å². The summed E-state index contributed by atoms with van der Waals surface area (Å²) in [7, 11) is 0. The molecule has 1 aliphatic carbocycles. The summed E-state index contributed by atoms with van der Waals surface area (Å²) in [6, 6.07) is 8.46. The van der Waals surface area contributed by atoms with Crippen molar-refractivity contribution in [2.75, 3.05) is 0 Å². The number of aryl methyl sites for hydroxylation is 2. The third-order valence-corrected chi connectivity index (χ3v) is 4.12. The molecule has 0 fully saturated rings. The van der Waals surface area contributed by atoms with Gasteiger partial charge in [-0.1, -0.05) is 31.2 Å². The summed E-state index contributed by atoms with van der Waals surface area (Å²) in [5, 5.41) is 0. The number of fused-ring (bicyclic) bond motifs is 1. The lowest BCUT2D eigenvalue weighted by Crippen LogP contribution is -2.25. The summed E-state index contributed by atoms with van der Waals surface area (Å²) >= 11 is 0. The molecule has 0 saturated heterocycles. The Morgan fingerprint density at radius 1 is 1.35 bits per heavy atom. The molecule has 0 aliphatic heterocycles. The Hall–Kier alpha value is -1.90. The molecule has 1 unspecified atom stereocenters. The smallest absolute Gasteiger partial charge is 0.201 e. The normalized spacial score (nSPS) is 17.8. The number of benzene rings is 1. The number of Topliss-reactive ketones (excluding diaryl/α,β-unsaturated/α-hetero) is 1. The maximum Gasteiger partial charge on any atom is 0.201 e. The minimum Gasteiger partial charge on any atom is -0.329 e. The zero-order valence-corrected chi connectivity index (χ0v) is 11.9. The lowest BCUT2D eigenvalue weighted by molar-refractivity contribution is 0.0893. The summed E-state index contributed by atoms with van der Waals surface area (Å²) in [5.41, 5.74) is 2.72. The van der Waals surface area contributed by atoms with Crippen LogP contribution in [0.4, 0.5) is 0 Å². The molecule has 1 aromatic carbocycles. The van der Waals surface area contributed by atoms with Crippen molar-refractivity contribution in [1.29, 1.82) is 0 Å². The molecule has 3 rings (SSSR count). The van der Waals surface area contributed by atoms with Crippen LogP contribution in [0.3, 0.4) is 0 Å². The third kappa shape index (κ3) is 2.40. The second-order valence-corrected chi connectivity index (χ2v) is 5.52. The van der Waals surface area contributed by atoms with Gasteiger partial charge in [0.1, 0.15) is 0 Å². The predicted octanol–water partition coefficient (Wildman–Crippen LogP) is 3.28. The highest BCUT2D eigenvalue weighted by atomic mass is 16.1. The van der Waals surface area contributed by atoms with Crippen molar-refractivity contribution in [3.8, 4) is 0 Å². The number of nitrogens with zero attached hydrogens (tertiary/aromatic N) is 2. The van der Waals surface area contributed by atoms with E-state index in [1.165, 1.54) is 11.1 Å². The van der Waals surface area contributed by atoms with Crippen LogP contribution in [-0.2, 0) is 19.4 Å². The first-order valence-electron chi connectivity index (χ1n) is 7.41. The van der Waals surface area contributed by atoms with Gasteiger partial charge in [0.2, 0.25) is 5.78 Å². The van der Waals surface area contributed by atoms with E-state index < -0.39 is 0 Å². The number of carbonyl (C=O) groups is 1. The quantitative estimate of drug-likeness (QED) is 0.798. The molecule has 3 nitrogen and oxygen atoms in total. The fourth-order valence-electron chi connectivity index (χ4n) is 3.06. The fourth-order valence-corrected chi connectivity index (χ4v) is 3.06. The van der Waals surface area contributed by atoms with E-state index in [4.69, 9.17) is 0 Å². The highest BCUT2D eigenvalue weighted by Gasteiger charge is 2.27. The molecule has 0 spiro atoms. The molecule has 104 valence electrons. The molecule has 1 heterocycles. The Kier molecular flexibility index (Phi) is 3.68. The van der Waals surface area contributed by atoms with E-state index in [1.807, 2.05) is 10.8 Å². The summed E-state index contributed by atoms with van der Waals surface area (Å²) in [6.07, 6.45) is 7.46. The lowest BCUT2D eigenvalue weighted by atomic mass is 9.81. The molecule has 1 aliphatic rings. The predicted molar refractivity (Wildman–Crippen MR) is 78.8 cm³/mol. The first-order valence-corrected chi connectivity index (χ1v) is 7.41. The van der Waals surface area contributed by atoms with E-state index in [2.05, 4.69) is 36.2 Å². The molecular formula is C17H20N2O. The van der Waals surface area contributed by atoms with Crippen LogP contribution < -0.4 is 0 Å². The van der Waals surface area contributed by atoms with Crippen LogP contribution in [0.5, 0.6) is 0 Å². The highest BCUT2D eigenvalue weighted by molar-refractivity contribution is 5.95. The maximum atomic E-state index is 12.7. The second-order valence-electron chi connectivity index (χ2n) is 5.52. The number of ketones is 1. The van der Waals surface area contributed by atoms with Gasteiger partial charge < -0.3 is 4.57 Å². The van der Waals surface area contributed by atoms with Crippen molar-refractivity contribution in [3.05, 3.63) is 53.6 Å². The van der Waals surface area contributed by atoms with Gasteiger partial charge in [0.15, 0.2) is 5.82 Å². The number of hydrogen-bond donors (Lipinski definition) is 0. The summed E-state index contributed by atoms with van der Waals surface area (Å²) in [5.74, 6) is 0.928. The van der Waals surface area contributed by atoms with E-state index in [-0.39, 0.29) is 11.7 Å². The molecule has 2 aromatic rings. The van der Waals surface area contributed by atoms with Crippen LogP contribution in [0.25, 0.3) is 0 Å². The molecule has 0 saturated carbocycles. The van der Waals surface area contributed by atoms with Crippen LogP contribution >= 0.6 is 0 Å². The van der Waals surface area contributed by atoms with Gasteiger partial charge in [-0.3, -0.25) is 4.79 Å². The number of carbonyl (C=O) groups excluding carboxylic acids is 1. The average Bonchev–Trinajstić information content (AvgIpc) is 2.94. The zero-order valence-electron chi connectivity index (χ0n) is 11.9. The molecule has 0 radical (unpaired) electrons. The van der Waals surface area contributed by atoms with E-state index in [0.29, 0.717) is 5.82 Å². The minimum atomic E-state index is 0.0860.